The van der Waals surface area contributed by atoms with Crippen molar-refractivity contribution in [2.75, 3.05) is 25.2 Å². The van der Waals surface area contributed by atoms with Crippen molar-refractivity contribution in [2.24, 2.45) is 0 Å². The second-order valence-electron chi connectivity index (χ2n) is 7.10. The Morgan fingerprint density at radius 1 is 1.29 bits per heavy atom. The summed E-state index contributed by atoms with van der Waals surface area (Å²) in [7, 11) is 1.62. The molecule has 4 heteroatoms. The topological polar surface area (TPSA) is 52.9 Å². The van der Waals surface area contributed by atoms with Gasteiger partial charge in [0.05, 0.1) is 17.7 Å². The summed E-state index contributed by atoms with van der Waals surface area (Å²) >= 11 is 0. The van der Waals surface area contributed by atoms with E-state index in [9.17, 15) is 10.2 Å². The van der Waals surface area contributed by atoms with Gasteiger partial charge in [0.25, 0.3) is 0 Å². The number of aliphatic hydroxyl groups excluding tert-OH is 1. The minimum Gasteiger partial charge on any atom is -0.391 e. The summed E-state index contributed by atoms with van der Waals surface area (Å²) in [5.41, 5.74) is 3.35. The number of methoxy groups -OCH3 is 1. The van der Waals surface area contributed by atoms with Gasteiger partial charge in [0.1, 0.15) is 6.61 Å². The monoisotopic (exact) mass is 331 g/mol. The van der Waals surface area contributed by atoms with Crippen LogP contribution in [0.4, 0.5) is 5.69 Å². The molecule has 0 saturated carbocycles. The largest absolute Gasteiger partial charge is 0.391 e. The number of anilines is 1. The van der Waals surface area contributed by atoms with E-state index in [1.807, 2.05) is 20.8 Å². The minimum absolute atomic E-state index is 0.0221. The molecule has 0 aromatic heterocycles. The van der Waals surface area contributed by atoms with Crippen molar-refractivity contribution in [1.82, 2.24) is 0 Å². The fraction of sp³-hybridized carbons (Fsp3) is 0.600. The number of hydrogen-bond donors (Lipinski definition) is 2. The molecule has 1 aliphatic rings. The van der Waals surface area contributed by atoms with Crippen LogP contribution in [0.3, 0.4) is 0 Å². The van der Waals surface area contributed by atoms with E-state index in [2.05, 4.69) is 35.8 Å². The lowest BCUT2D eigenvalue weighted by molar-refractivity contribution is 0.0779. The first kappa shape index (κ1) is 18.8. The first-order chi connectivity index (χ1) is 11.3. The van der Waals surface area contributed by atoms with Gasteiger partial charge in [0, 0.05) is 25.8 Å². The summed E-state index contributed by atoms with van der Waals surface area (Å²) < 4.78 is 4.95. The van der Waals surface area contributed by atoms with Crippen molar-refractivity contribution in [3.63, 3.8) is 0 Å². The predicted octanol–water partition coefficient (Wildman–Crippen LogP) is 2.51. The van der Waals surface area contributed by atoms with Crippen LogP contribution in [0.5, 0.6) is 0 Å². The molecule has 0 amide bonds. The Bertz CT molecular complexity index is 637. The molecule has 1 aromatic carbocycles. The maximum Gasteiger partial charge on any atom is 0.107 e. The van der Waals surface area contributed by atoms with Gasteiger partial charge >= 0.3 is 0 Å². The first-order valence-electron chi connectivity index (χ1n) is 8.49. The number of benzene rings is 1. The maximum absolute atomic E-state index is 10.5. The highest BCUT2D eigenvalue weighted by Gasteiger charge is 2.33. The smallest absolute Gasteiger partial charge is 0.107 e. The second-order valence-corrected chi connectivity index (χ2v) is 7.10. The van der Waals surface area contributed by atoms with Gasteiger partial charge in [0.15, 0.2) is 0 Å². The normalized spacial score (nSPS) is 20.9. The molecule has 1 aliphatic heterocycles. The zero-order chi connectivity index (χ0) is 17.9. The SMILES string of the molecule is COCC#CCC1C(O)CCN1c1cc(C)c(C)c(C(C)(C)O)c1. The molecule has 0 radical (unpaired) electrons. The van der Waals surface area contributed by atoms with Crippen molar-refractivity contribution in [3.8, 4) is 11.8 Å². The van der Waals surface area contributed by atoms with E-state index >= 15 is 0 Å². The van der Waals surface area contributed by atoms with Gasteiger partial charge in [-0.2, -0.15) is 0 Å². The Morgan fingerprint density at radius 3 is 2.62 bits per heavy atom. The van der Waals surface area contributed by atoms with Crippen LogP contribution in [0.1, 0.15) is 43.4 Å². The van der Waals surface area contributed by atoms with Crippen molar-refractivity contribution < 1.29 is 14.9 Å². The molecule has 2 atom stereocenters. The van der Waals surface area contributed by atoms with Gasteiger partial charge < -0.3 is 19.8 Å². The molecule has 2 N–H and O–H groups in total. The van der Waals surface area contributed by atoms with Gasteiger partial charge in [-0.3, -0.25) is 0 Å². The van der Waals surface area contributed by atoms with Crippen LogP contribution in [-0.2, 0) is 10.3 Å². The van der Waals surface area contributed by atoms with E-state index in [1.54, 1.807) is 7.11 Å². The van der Waals surface area contributed by atoms with E-state index in [1.165, 1.54) is 0 Å². The van der Waals surface area contributed by atoms with Crippen LogP contribution in [0, 0.1) is 25.7 Å². The lowest BCUT2D eigenvalue weighted by Crippen LogP contribution is -2.35. The highest BCUT2D eigenvalue weighted by molar-refractivity contribution is 5.57. The quantitative estimate of drug-likeness (QED) is 0.833. The molecule has 0 spiro atoms. The average Bonchev–Trinajstić information content (AvgIpc) is 2.86. The van der Waals surface area contributed by atoms with Crippen LogP contribution in [0.2, 0.25) is 0 Å². The van der Waals surface area contributed by atoms with Gasteiger partial charge in [-0.25, -0.2) is 0 Å². The zero-order valence-corrected chi connectivity index (χ0v) is 15.4. The Kier molecular flexibility index (Phi) is 5.92. The van der Waals surface area contributed by atoms with Gasteiger partial charge in [-0.1, -0.05) is 11.8 Å². The fourth-order valence-corrected chi connectivity index (χ4v) is 3.35. The molecule has 1 aromatic rings. The van der Waals surface area contributed by atoms with Gasteiger partial charge in [0.2, 0.25) is 0 Å². The lowest BCUT2D eigenvalue weighted by atomic mass is 9.90. The number of aryl methyl sites for hydroxylation is 1. The van der Waals surface area contributed by atoms with Crippen LogP contribution in [0.25, 0.3) is 0 Å². The van der Waals surface area contributed by atoms with Crippen LogP contribution in [-0.4, -0.2) is 42.6 Å². The van der Waals surface area contributed by atoms with Gasteiger partial charge in [-0.15, -0.1) is 0 Å². The summed E-state index contributed by atoms with van der Waals surface area (Å²) in [6, 6.07) is 4.17. The zero-order valence-electron chi connectivity index (χ0n) is 15.4. The molecule has 4 nitrogen and oxygen atoms in total. The Hall–Kier alpha value is -1.54. The molecule has 2 unspecified atom stereocenters. The molecule has 2 rings (SSSR count). The molecule has 24 heavy (non-hydrogen) atoms. The summed E-state index contributed by atoms with van der Waals surface area (Å²) in [4.78, 5) is 2.22. The number of ether oxygens (including phenoxy) is 1. The fourth-order valence-electron chi connectivity index (χ4n) is 3.35. The Labute approximate surface area is 145 Å². The average molecular weight is 331 g/mol. The van der Waals surface area contributed by atoms with Crippen molar-refractivity contribution in [3.05, 3.63) is 28.8 Å². The van der Waals surface area contributed by atoms with Crippen LogP contribution >= 0.6 is 0 Å². The van der Waals surface area contributed by atoms with E-state index in [0.29, 0.717) is 13.0 Å². The van der Waals surface area contributed by atoms with E-state index < -0.39 is 5.60 Å². The minimum atomic E-state index is -0.892. The predicted molar refractivity (Wildman–Crippen MR) is 97.2 cm³/mol. The second kappa shape index (κ2) is 7.57. The third kappa shape index (κ3) is 4.10. The van der Waals surface area contributed by atoms with E-state index in [0.717, 1.165) is 35.3 Å². The van der Waals surface area contributed by atoms with E-state index in [-0.39, 0.29) is 12.1 Å². The highest BCUT2D eigenvalue weighted by atomic mass is 16.5. The standard InChI is InChI=1S/C20H29NO3/c1-14-12-16(13-17(15(14)2)20(3,4)23)21-10-9-19(22)18(21)8-6-7-11-24-5/h12-13,18-19,22-23H,8-11H2,1-5H3. The third-order valence-corrected chi connectivity index (χ3v) is 4.81. The first-order valence-corrected chi connectivity index (χ1v) is 8.49. The summed E-state index contributed by atoms with van der Waals surface area (Å²) in [5.74, 6) is 6.06. The molecule has 132 valence electrons. The van der Waals surface area contributed by atoms with Crippen molar-refractivity contribution in [1.29, 1.82) is 0 Å². The number of nitrogens with zero attached hydrogens (tertiary/aromatic N) is 1. The Morgan fingerprint density at radius 2 is 2.00 bits per heavy atom. The van der Waals surface area contributed by atoms with Crippen LogP contribution < -0.4 is 4.90 Å². The number of rotatable bonds is 4. The van der Waals surface area contributed by atoms with Crippen LogP contribution in [0.15, 0.2) is 12.1 Å². The number of hydrogen-bond acceptors (Lipinski definition) is 4. The summed E-state index contributed by atoms with van der Waals surface area (Å²) in [6.45, 7) is 8.93. The molecule has 0 bridgehead atoms. The summed E-state index contributed by atoms with van der Waals surface area (Å²) in [5, 5.41) is 20.8. The highest BCUT2D eigenvalue weighted by Crippen LogP contribution is 2.34. The number of aliphatic hydroxyl groups is 2. The Balaban J connectivity index is 2.32. The molecule has 1 saturated heterocycles. The van der Waals surface area contributed by atoms with Crippen molar-refractivity contribution in [2.45, 2.75) is 58.3 Å². The maximum atomic E-state index is 10.5. The third-order valence-electron chi connectivity index (χ3n) is 4.81. The van der Waals surface area contributed by atoms with Crippen molar-refractivity contribution >= 4 is 5.69 Å². The molecular weight excluding hydrogens is 302 g/mol. The molecular formula is C20H29NO3. The van der Waals surface area contributed by atoms with Gasteiger partial charge in [-0.05, 0) is 62.9 Å². The molecule has 0 aliphatic carbocycles. The molecule has 1 heterocycles. The lowest BCUT2D eigenvalue weighted by Gasteiger charge is -2.30. The van der Waals surface area contributed by atoms with E-state index in [4.69, 9.17) is 4.74 Å². The summed E-state index contributed by atoms with van der Waals surface area (Å²) in [6.07, 6.45) is 0.963. The molecule has 1 fully saturated rings.